The fourth-order valence-electron chi connectivity index (χ4n) is 2.91. The van der Waals surface area contributed by atoms with Gasteiger partial charge in [-0.2, -0.15) is 4.67 Å². The normalized spacial score (nSPS) is 14.1. The lowest BCUT2D eigenvalue weighted by Crippen LogP contribution is -2.41. The van der Waals surface area contributed by atoms with E-state index in [1.54, 1.807) is 30.3 Å². The van der Waals surface area contributed by atoms with Crippen molar-refractivity contribution in [3.63, 3.8) is 0 Å². The lowest BCUT2D eigenvalue weighted by Gasteiger charge is -2.34. The quantitative estimate of drug-likeness (QED) is 0.260. The predicted octanol–water partition coefficient (Wildman–Crippen LogP) is 5.37. The first-order valence-corrected chi connectivity index (χ1v) is 11.5. The molecule has 168 valence electrons. The van der Waals surface area contributed by atoms with Crippen LogP contribution in [0.5, 0.6) is 11.5 Å². The highest BCUT2D eigenvalue weighted by atomic mass is 31.2. The average molecular weight is 450 g/mol. The van der Waals surface area contributed by atoms with Gasteiger partial charge in [-0.25, -0.2) is 4.57 Å². The molecule has 0 spiro atoms. The molecule has 0 heterocycles. The van der Waals surface area contributed by atoms with Gasteiger partial charge in [0.15, 0.2) is 0 Å². The van der Waals surface area contributed by atoms with Crippen LogP contribution >= 0.6 is 7.75 Å². The molecule has 1 unspecified atom stereocenters. The highest BCUT2D eigenvalue weighted by Crippen LogP contribution is 2.53. The molecule has 2 atom stereocenters. The van der Waals surface area contributed by atoms with Crippen LogP contribution in [0.2, 0.25) is 0 Å². The zero-order valence-electron chi connectivity index (χ0n) is 17.7. The molecule has 0 aliphatic carbocycles. The SMILES string of the molecule is CCC(CC)CN([C@@H](C)C(=O)O)P(=O)(Oc1ccccc1)Oc1ccc([N+](=O)[O-])cc1. The van der Waals surface area contributed by atoms with Gasteiger partial charge in [-0.05, 0) is 37.1 Å². The summed E-state index contributed by atoms with van der Waals surface area (Å²) in [6.07, 6.45) is 1.50. The van der Waals surface area contributed by atoms with E-state index in [0.29, 0.717) is 0 Å². The van der Waals surface area contributed by atoms with Gasteiger partial charge < -0.3 is 14.2 Å². The Hall–Kier alpha value is -2.90. The summed E-state index contributed by atoms with van der Waals surface area (Å²) in [5, 5.41) is 20.6. The van der Waals surface area contributed by atoms with Crippen molar-refractivity contribution >= 4 is 19.4 Å². The number of para-hydroxylation sites is 1. The van der Waals surface area contributed by atoms with Gasteiger partial charge >= 0.3 is 13.7 Å². The molecular formula is C21H27N2O7P. The first kappa shape index (κ1) is 24.4. The Morgan fingerprint density at radius 3 is 2.03 bits per heavy atom. The Kier molecular flexibility index (Phi) is 8.59. The second-order valence-electron chi connectivity index (χ2n) is 7.03. The van der Waals surface area contributed by atoms with Crippen molar-refractivity contribution in [3.05, 3.63) is 64.7 Å². The van der Waals surface area contributed by atoms with Gasteiger partial charge in [-0.15, -0.1) is 0 Å². The van der Waals surface area contributed by atoms with Crippen LogP contribution < -0.4 is 9.05 Å². The fraction of sp³-hybridized carbons (Fsp3) is 0.381. The van der Waals surface area contributed by atoms with Crippen molar-refractivity contribution in [3.8, 4) is 11.5 Å². The van der Waals surface area contributed by atoms with Gasteiger partial charge in [-0.3, -0.25) is 14.9 Å². The molecule has 2 aromatic rings. The molecule has 2 rings (SSSR count). The number of carboxylic acid groups (broad SMARTS) is 1. The molecule has 0 aliphatic heterocycles. The van der Waals surface area contributed by atoms with Crippen LogP contribution in [-0.2, 0) is 9.36 Å². The lowest BCUT2D eigenvalue weighted by molar-refractivity contribution is -0.384. The van der Waals surface area contributed by atoms with Crippen LogP contribution in [-0.4, -0.2) is 33.3 Å². The minimum absolute atomic E-state index is 0.0648. The molecule has 0 aliphatic rings. The number of nitro groups is 1. The number of aliphatic carboxylic acids is 1. The molecule has 2 aromatic carbocycles. The summed E-state index contributed by atoms with van der Waals surface area (Å²) in [4.78, 5) is 22.2. The van der Waals surface area contributed by atoms with E-state index in [4.69, 9.17) is 9.05 Å². The Labute approximate surface area is 181 Å². The van der Waals surface area contributed by atoms with Crippen LogP contribution in [0.3, 0.4) is 0 Å². The summed E-state index contributed by atoms with van der Waals surface area (Å²) in [6.45, 7) is 5.54. The van der Waals surface area contributed by atoms with Crippen LogP contribution in [0.4, 0.5) is 5.69 Å². The fourth-order valence-corrected chi connectivity index (χ4v) is 4.89. The molecule has 0 saturated carbocycles. The molecule has 0 fully saturated rings. The van der Waals surface area contributed by atoms with Gasteiger partial charge in [0.2, 0.25) is 0 Å². The first-order valence-electron chi connectivity index (χ1n) is 9.98. The third kappa shape index (κ3) is 6.54. The third-order valence-electron chi connectivity index (χ3n) is 4.95. The van der Waals surface area contributed by atoms with E-state index >= 15 is 0 Å². The van der Waals surface area contributed by atoms with Gasteiger partial charge in [0.25, 0.3) is 5.69 Å². The monoisotopic (exact) mass is 450 g/mol. The highest BCUT2D eigenvalue weighted by Gasteiger charge is 2.43. The van der Waals surface area contributed by atoms with E-state index in [1.807, 2.05) is 13.8 Å². The van der Waals surface area contributed by atoms with E-state index < -0.39 is 24.7 Å². The molecular weight excluding hydrogens is 423 g/mol. The zero-order chi connectivity index (χ0) is 23.0. The van der Waals surface area contributed by atoms with Crippen molar-refractivity contribution in [2.45, 2.75) is 39.7 Å². The number of nitro benzene ring substituents is 1. The smallest absolute Gasteiger partial charge is 0.480 e. The first-order chi connectivity index (χ1) is 14.7. The van der Waals surface area contributed by atoms with Gasteiger partial charge in [-0.1, -0.05) is 44.9 Å². The Bertz CT molecular complexity index is 917. The summed E-state index contributed by atoms with van der Waals surface area (Å²) in [5.41, 5.74) is -0.154. The standard InChI is InChI=1S/C21H27N2O7P/c1-4-17(5-2)15-22(16(3)21(24)25)31(28,29-19-9-7-6-8-10-19)30-20-13-11-18(12-14-20)23(26)27/h6-14,16-17H,4-5,15H2,1-3H3,(H,24,25)/t16-,31?/m0/s1. The third-order valence-corrected chi connectivity index (χ3v) is 6.97. The number of hydrogen-bond acceptors (Lipinski definition) is 6. The van der Waals surface area contributed by atoms with Gasteiger partial charge in [0.1, 0.15) is 17.5 Å². The van der Waals surface area contributed by atoms with Crippen LogP contribution in [0.25, 0.3) is 0 Å². The van der Waals surface area contributed by atoms with E-state index in [0.717, 1.165) is 12.8 Å². The zero-order valence-corrected chi connectivity index (χ0v) is 18.6. The summed E-state index contributed by atoms with van der Waals surface area (Å²) in [7, 11) is -4.22. The maximum atomic E-state index is 14.1. The maximum Gasteiger partial charge on any atom is 0.516 e. The van der Waals surface area contributed by atoms with Crippen molar-refractivity contribution in [2.75, 3.05) is 6.54 Å². The van der Waals surface area contributed by atoms with Gasteiger partial charge in [0.05, 0.1) is 4.92 Å². The van der Waals surface area contributed by atoms with Crippen LogP contribution in [0.1, 0.15) is 33.6 Å². The molecule has 0 bridgehead atoms. The highest BCUT2D eigenvalue weighted by molar-refractivity contribution is 7.52. The topological polar surface area (TPSA) is 119 Å². The van der Waals surface area contributed by atoms with Crippen molar-refractivity contribution in [1.82, 2.24) is 4.67 Å². The minimum atomic E-state index is -4.22. The van der Waals surface area contributed by atoms with E-state index in [9.17, 15) is 24.6 Å². The summed E-state index contributed by atoms with van der Waals surface area (Å²) >= 11 is 0. The van der Waals surface area contributed by atoms with Crippen LogP contribution in [0.15, 0.2) is 54.6 Å². The number of benzene rings is 2. The minimum Gasteiger partial charge on any atom is -0.480 e. The van der Waals surface area contributed by atoms with Crippen molar-refractivity contribution in [2.24, 2.45) is 5.92 Å². The molecule has 9 nitrogen and oxygen atoms in total. The van der Waals surface area contributed by atoms with Gasteiger partial charge in [0, 0.05) is 18.7 Å². The Balaban J connectivity index is 2.49. The summed E-state index contributed by atoms with van der Waals surface area (Å²) < 4.78 is 26.8. The molecule has 10 heteroatoms. The molecule has 0 radical (unpaired) electrons. The number of nitrogens with zero attached hydrogens (tertiary/aromatic N) is 2. The molecule has 1 N–H and O–H groups in total. The number of hydrogen-bond donors (Lipinski definition) is 1. The summed E-state index contributed by atoms with van der Waals surface area (Å²) in [5.74, 6) is -0.790. The summed E-state index contributed by atoms with van der Waals surface area (Å²) in [6, 6.07) is 12.2. The Morgan fingerprint density at radius 2 is 1.58 bits per heavy atom. The lowest BCUT2D eigenvalue weighted by atomic mass is 10.0. The number of rotatable bonds is 12. The van der Waals surface area contributed by atoms with Crippen LogP contribution in [0, 0.1) is 16.0 Å². The number of non-ortho nitro benzene ring substituents is 1. The molecule has 0 aromatic heterocycles. The predicted molar refractivity (Wildman–Crippen MR) is 116 cm³/mol. The largest absolute Gasteiger partial charge is 0.516 e. The molecule has 0 saturated heterocycles. The van der Waals surface area contributed by atoms with Crippen molar-refractivity contribution < 1.29 is 28.4 Å². The average Bonchev–Trinajstić information content (AvgIpc) is 2.75. The van der Waals surface area contributed by atoms with E-state index in [1.165, 1.54) is 35.9 Å². The second-order valence-corrected chi connectivity index (χ2v) is 8.85. The Morgan fingerprint density at radius 1 is 1.06 bits per heavy atom. The number of carboxylic acids is 1. The second kappa shape index (κ2) is 10.9. The van der Waals surface area contributed by atoms with E-state index in [-0.39, 0.29) is 29.6 Å². The van der Waals surface area contributed by atoms with E-state index in [2.05, 4.69) is 0 Å². The number of carbonyl (C=O) groups is 1. The molecule has 31 heavy (non-hydrogen) atoms. The maximum absolute atomic E-state index is 14.1. The molecule has 0 amide bonds. The van der Waals surface area contributed by atoms with Crippen molar-refractivity contribution in [1.29, 1.82) is 0 Å².